The quantitative estimate of drug-likeness (QED) is 0.565. The zero-order chi connectivity index (χ0) is 11.2. The maximum absolute atomic E-state index is 2.40. The number of rotatable bonds is 0. The lowest BCUT2D eigenvalue weighted by atomic mass is 9.66. The Morgan fingerprint density at radius 1 is 0.882 bits per heavy atom. The van der Waals surface area contributed by atoms with Gasteiger partial charge in [-0.15, -0.1) is 0 Å². The number of hydrogen-bond donors (Lipinski definition) is 0. The van der Waals surface area contributed by atoms with Crippen LogP contribution < -0.4 is 0 Å². The van der Waals surface area contributed by atoms with Crippen LogP contribution in [0.2, 0.25) is 0 Å². The van der Waals surface area contributed by atoms with E-state index in [9.17, 15) is 0 Å². The number of allylic oxidation sites excluding steroid dienone is 2. The van der Waals surface area contributed by atoms with Gasteiger partial charge in [-0.05, 0) is 62.0 Å². The summed E-state index contributed by atoms with van der Waals surface area (Å²) in [6.07, 6.45) is 9.84. The summed E-state index contributed by atoms with van der Waals surface area (Å²) < 4.78 is 0. The first-order valence-corrected chi connectivity index (χ1v) is 7.22. The smallest absolute Gasteiger partial charge is 0.00820 e. The molecule has 0 nitrogen and oxygen atoms in total. The highest BCUT2D eigenvalue weighted by molar-refractivity contribution is 5.43. The Labute approximate surface area is 104 Å². The van der Waals surface area contributed by atoms with Gasteiger partial charge in [0.15, 0.2) is 0 Å². The van der Waals surface area contributed by atoms with Crippen molar-refractivity contribution in [2.45, 2.75) is 50.9 Å². The van der Waals surface area contributed by atoms with Crippen molar-refractivity contribution in [1.29, 1.82) is 0 Å². The predicted molar refractivity (Wildman–Crippen MR) is 71.1 cm³/mol. The van der Waals surface area contributed by atoms with E-state index in [-0.39, 0.29) is 0 Å². The maximum Gasteiger partial charge on any atom is 0.00820 e. The van der Waals surface area contributed by atoms with Crippen molar-refractivity contribution in [2.75, 3.05) is 0 Å². The van der Waals surface area contributed by atoms with E-state index in [2.05, 4.69) is 24.3 Å². The fraction of sp³-hybridized carbons (Fsp3) is 0.529. The van der Waals surface area contributed by atoms with E-state index in [1.54, 1.807) is 11.1 Å². The summed E-state index contributed by atoms with van der Waals surface area (Å²) in [4.78, 5) is 0. The minimum atomic E-state index is 0.811. The number of aryl methyl sites for hydroxylation is 1. The second-order valence-corrected chi connectivity index (χ2v) is 6.00. The molecule has 0 radical (unpaired) electrons. The third kappa shape index (κ3) is 1.43. The zero-order valence-corrected chi connectivity index (χ0v) is 10.4. The highest BCUT2D eigenvalue weighted by Gasteiger charge is 2.37. The van der Waals surface area contributed by atoms with Crippen LogP contribution in [-0.4, -0.2) is 0 Å². The van der Waals surface area contributed by atoms with Gasteiger partial charge in [0, 0.05) is 5.92 Å². The summed E-state index contributed by atoms with van der Waals surface area (Å²) in [6.45, 7) is 0. The molecule has 4 rings (SSSR count). The molecule has 1 aromatic rings. The van der Waals surface area contributed by atoms with Crippen LogP contribution in [0.3, 0.4) is 0 Å². The van der Waals surface area contributed by atoms with E-state index in [0.29, 0.717) is 0 Å². The molecule has 0 heterocycles. The first kappa shape index (κ1) is 9.94. The van der Waals surface area contributed by atoms with Crippen LogP contribution in [0.25, 0.3) is 0 Å². The van der Waals surface area contributed by atoms with Crippen molar-refractivity contribution in [1.82, 2.24) is 0 Å². The summed E-state index contributed by atoms with van der Waals surface area (Å²) >= 11 is 0. The Morgan fingerprint density at radius 3 is 2.76 bits per heavy atom. The number of hydrogen-bond acceptors (Lipinski definition) is 0. The SMILES string of the molecule is c1ccc2c(c1)CC[C@@H]1CCC3=C(CCC3)[C@H]21. The predicted octanol–water partition coefficient (Wildman–Crippen LogP) is 4.61. The number of benzene rings is 1. The topological polar surface area (TPSA) is 0 Å². The van der Waals surface area contributed by atoms with Crippen molar-refractivity contribution < 1.29 is 0 Å². The van der Waals surface area contributed by atoms with E-state index in [1.165, 1.54) is 44.9 Å². The molecular weight excluding hydrogens is 204 g/mol. The molecule has 0 spiro atoms. The van der Waals surface area contributed by atoms with Gasteiger partial charge >= 0.3 is 0 Å². The van der Waals surface area contributed by atoms with Crippen molar-refractivity contribution in [2.24, 2.45) is 5.92 Å². The van der Waals surface area contributed by atoms with Crippen LogP contribution in [0.15, 0.2) is 35.4 Å². The summed E-state index contributed by atoms with van der Waals surface area (Å²) in [5.41, 5.74) is 7.00. The second-order valence-electron chi connectivity index (χ2n) is 6.00. The molecule has 0 amide bonds. The molecule has 0 aliphatic heterocycles. The standard InChI is InChI=1S/C17H20/c1-2-6-15-12(4-1)8-10-14-11-9-13-5-3-7-16(13)17(14)15/h1-2,4,6,14,17H,3,5,7-11H2/t14-,17+/m1/s1. The van der Waals surface area contributed by atoms with Gasteiger partial charge in [0.2, 0.25) is 0 Å². The Morgan fingerprint density at radius 2 is 1.76 bits per heavy atom. The third-order valence-electron chi connectivity index (χ3n) is 5.22. The summed E-state index contributed by atoms with van der Waals surface area (Å²) in [7, 11) is 0. The van der Waals surface area contributed by atoms with Gasteiger partial charge < -0.3 is 0 Å². The highest BCUT2D eigenvalue weighted by Crippen LogP contribution is 2.52. The number of fused-ring (bicyclic) bond motifs is 4. The zero-order valence-electron chi connectivity index (χ0n) is 10.4. The van der Waals surface area contributed by atoms with E-state index < -0.39 is 0 Å². The van der Waals surface area contributed by atoms with Crippen LogP contribution in [-0.2, 0) is 6.42 Å². The van der Waals surface area contributed by atoms with Crippen LogP contribution in [0.5, 0.6) is 0 Å². The van der Waals surface area contributed by atoms with E-state index >= 15 is 0 Å². The van der Waals surface area contributed by atoms with E-state index in [1.807, 2.05) is 11.1 Å². The van der Waals surface area contributed by atoms with E-state index in [0.717, 1.165) is 11.8 Å². The highest BCUT2D eigenvalue weighted by atomic mass is 14.4. The molecule has 88 valence electrons. The van der Waals surface area contributed by atoms with Gasteiger partial charge in [-0.1, -0.05) is 35.4 Å². The normalized spacial score (nSPS) is 30.8. The van der Waals surface area contributed by atoms with Crippen molar-refractivity contribution in [3.63, 3.8) is 0 Å². The first-order valence-electron chi connectivity index (χ1n) is 7.22. The third-order valence-corrected chi connectivity index (χ3v) is 5.22. The van der Waals surface area contributed by atoms with Crippen LogP contribution in [0, 0.1) is 5.92 Å². The first-order chi connectivity index (χ1) is 8.43. The molecule has 0 saturated heterocycles. The second kappa shape index (κ2) is 3.73. The minimum absolute atomic E-state index is 0.811. The molecule has 0 N–H and O–H groups in total. The fourth-order valence-electron chi connectivity index (χ4n) is 4.46. The molecule has 0 unspecified atom stereocenters. The van der Waals surface area contributed by atoms with Gasteiger partial charge in [0.25, 0.3) is 0 Å². The lowest BCUT2D eigenvalue weighted by Crippen LogP contribution is -2.25. The van der Waals surface area contributed by atoms with Crippen molar-refractivity contribution in [3.05, 3.63) is 46.5 Å². The van der Waals surface area contributed by atoms with Crippen LogP contribution in [0.4, 0.5) is 0 Å². The molecular formula is C17H20. The largest absolute Gasteiger partial charge is 0.0704 e. The fourth-order valence-corrected chi connectivity index (χ4v) is 4.46. The van der Waals surface area contributed by atoms with Crippen molar-refractivity contribution in [3.8, 4) is 0 Å². The summed E-state index contributed by atoms with van der Waals surface area (Å²) in [5.74, 6) is 1.77. The molecule has 0 saturated carbocycles. The summed E-state index contributed by atoms with van der Waals surface area (Å²) in [5, 5.41) is 0. The average molecular weight is 224 g/mol. The maximum atomic E-state index is 2.40. The summed E-state index contributed by atoms with van der Waals surface area (Å²) in [6, 6.07) is 9.21. The molecule has 3 aliphatic rings. The van der Waals surface area contributed by atoms with Gasteiger partial charge in [-0.3, -0.25) is 0 Å². The molecule has 0 fully saturated rings. The van der Waals surface area contributed by atoms with Crippen LogP contribution >= 0.6 is 0 Å². The monoisotopic (exact) mass is 224 g/mol. The Kier molecular flexibility index (Phi) is 2.18. The van der Waals surface area contributed by atoms with E-state index in [4.69, 9.17) is 0 Å². The van der Waals surface area contributed by atoms with Gasteiger partial charge in [-0.25, -0.2) is 0 Å². The molecule has 17 heavy (non-hydrogen) atoms. The molecule has 2 atom stereocenters. The average Bonchev–Trinajstić information content (AvgIpc) is 2.86. The van der Waals surface area contributed by atoms with Gasteiger partial charge in [0.1, 0.15) is 0 Å². The Hall–Kier alpha value is -1.04. The Bertz CT molecular complexity index is 481. The Balaban J connectivity index is 1.86. The molecule has 0 heteroatoms. The minimum Gasteiger partial charge on any atom is -0.0704 e. The lowest BCUT2D eigenvalue weighted by Gasteiger charge is -2.38. The molecule has 1 aromatic carbocycles. The van der Waals surface area contributed by atoms with Crippen LogP contribution in [0.1, 0.15) is 55.6 Å². The van der Waals surface area contributed by atoms with Gasteiger partial charge in [-0.2, -0.15) is 0 Å². The van der Waals surface area contributed by atoms with Crippen molar-refractivity contribution >= 4 is 0 Å². The van der Waals surface area contributed by atoms with Gasteiger partial charge in [0.05, 0.1) is 0 Å². The lowest BCUT2D eigenvalue weighted by molar-refractivity contribution is 0.357. The molecule has 0 aromatic heterocycles. The molecule has 3 aliphatic carbocycles. The molecule has 0 bridgehead atoms.